The molecule has 3 heterocycles. The van der Waals surface area contributed by atoms with Crippen molar-refractivity contribution in [1.82, 2.24) is 15.0 Å². The monoisotopic (exact) mass is 409 g/mol. The number of hydrogen-bond donors (Lipinski definition) is 0. The van der Waals surface area contributed by atoms with E-state index < -0.39 is 0 Å². The average molecular weight is 410 g/mol. The Balaban J connectivity index is 1.53. The Kier molecular flexibility index (Phi) is 5.38. The van der Waals surface area contributed by atoms with Crippen LogP contribution in [-0.4, -0.2) is 28.0 Å². The highest BCUT2D eigenvalue weighted by molar-refractivity contribution is 5.80. The summed E-state index contributed by atoms with van der Waals surface area (Å²) < 4.78 is 0. The van der Waals surface area contributed by atoms with Gasteiger partial charge in [0.1, 0.15) is 0 Å². The molecule has 0 amide bonds. The Morgan fingerprint density at radius 2 is 1.58 bits per heavy atom. The Bertz CT molecular complexity index is 1080. The van der Waals surface area contributed by atoms with Crippen LogP contribution in [0.4, 0.5) is 5.95 Å². The van der Waals surface area contributed by atoms with Gasteiger partial charge in [-0.15, -0.1) is 0 Å². The van der Waals surface area contributed by atoms with E-state index in [1.807, 2.05) is 49.6 Å². The maximum atomic E-state index is 9.18. The summed E-state index contributed by atoms with van der Waals surface area (Å²) in [6.45, 7) is 4.04. The molecule has 1 aliphatic heterocycles. The van der Waals surface area contributed by atoms with E-state index in [-0.39, 0.29) is 0 Å². The van der Waals surface area contributed by atoms with Gasteiger partial charge in [-0.05, 0) is 49.8 Å². The zero-order valence-electron chi connectivity index (χ0n) is 18.0. The molecule has 156 valence electrons. The summed E-state index contributed by atoms with van der Waals surface area (Å²) in [5.74, 6) is 2.56. The molecule has 0 N–H and O–H groups in total. The number of rotatable bonds is 3. The van der Waals surface area contributed by atoms with Crippen molar-refractivity contribution in [2.45, 2.75) is 39.0 Å². The number of aryl methyl sites for hydroxylation is 1. The van der Waals surface area contributed by atoms with E-state index in [9.17, 15) is 5.26 Å². The van der Waals surface area contributed by atoms with Gasteiger partial charge >= 0.3 is 0 Å². The molecule has 5 nitrogen and oxygen atoms in total. The number of benzene rings is 1. The van der Waals surface area contributed by atoms with Gasteiger partial charge in [0.15, 0.2) is 0 Å². The van der Waals surface area contributed by atoms with E-state index in [1.165, 1.54) is 32.1 Å². The molecule has 0 radical (unpaired) electrons. The zero-order chi connectivity index (χ0) is 21.2. The number of pyridine rings is 1. The first-order valence-electron chi connectivity index (χ1n) is 11.3. The third kappa shape index (κ3) is 4.03. The summed E-state index contributed by atoms with van der Waals surface area (Å²) in [5.41, 5.74) is 5.48. The third-order valence-electron chi connectivity index (χ3n) is 6.92. The lowest BCUT2D eigenvalue weighted by molar-refractivity contribution is 0.378. The zero-order valence-corrected chi connectivity index (χ0v) is 18.0. The first-order chi connectivity index (χ1) is 15.2. The topological polar surface area (TPSA) is 65.7 Å². The lowest BCUT2D eigenvalue weighted by atomic mass is 9.92. The summed E-state index contributed by atoms with van der Waals surface area (Å²) in [7, 11) is 0. The van der Waals surface area contributed by atoms with Crippen molar-refractivity contribution in [3.63, 3.8) is 0 Å². The Hall–Kier alpha value is -3.26. The number of nitrogens with zero attached hydrogens (tertiary/aromatic N) is 5. The van der Waals surface area contributed by atoms with Crippen molar-refractivity contribution < 1.29 is 0 Å². The standard InChI is InChI=1S/C26H27N5/c1-18-5-8-23(16-28-18)24-17-29-26(30-25(24)22-9-6-19(15-27)7-10-22)31-13-11-20-3-2-4-21(20)12-14-31/h5-10,16-17,20-21H,2-4,11-14H2,1H3. The van der Waals surface area contributed by atoms with Gasteiger partial charge in [-0.2, -0.15) is 5.26 Å². The van der Waals surface area contributed by atoms with E-state index in [4.69, 9.17) is 9.97 Å². The maximum absolute atomic E-state index is 9.18. The van der Waals surface area contributed by atoms with Crippen molar-refractivity contribution in [2.24, 2.45) is 11.8 Å². The normalized spacial score (nSPS) is 20.7. The van der Waals surface area contributed by atoms with Crippen LogP contribution in [-0.2, 0) is 0 Å². The summed E-state index contributed by atoms with van der Waals surface area (Å²) in [4.78, 5) is 16.7. The van der Waals surface area contributed by atoms with E-state index in [1.54, 1.807) is 0 Å². The third-order valence-corrected chi connectivity index (χ3v) is 6.92. The first kappa shape index (κ1) is 19.7. The molecule has 5 rings (SSSR count). The van der Waals surface area contributed by atoms with E-state index in [0.717, 1.165) is 59.0 Å². The number of aromatic nitrogens is 3. The highest BCUT2D eigenvalue weighted by Crippen LogP contribution is 2.39. The summed E-state index contributed by atoms with van der Waals surface area (Å²) >= 11 is 0. The highest BCUT2D eigenvalue weighted by Gasteiger charge is 2.31. The summed E-state index contributed by atoms with van der Waals surface area (Å²) in [6.07, 6.45) is 10.5. The van der Waals surface area contributed by atoms with Gasteiger partial charge in [0, 0.05) is 47.9 Å². The number of nitriles is 1. The molecule has 31 heavy (non-hydrogen) atoms. The number of anilines is 1. The molecule has 1 aliphatic carbocycles. The molecule has 2 aliphatic rings. The number of fused-ring (bicyclic) bond motifs is 1. The molecular formula is C26H27N5. The Labute approximate surface area is 183 Å². The molecule has 1 saturated carbocycles. The molecule has 2 aromatic heterocycles. The van der Waals surface area contributed by atoms with Crippen LogP contribution in [0.2, 0.25) is 0 Å². The molecule has 1 saturated heterocycles. The second-order valence-electron chi connectivity index (χ2n) is 8.83. The largest absolute Gasteiger partial charge is 0.341 e. The van der Waals surface area contributed by atoms with Crippen LogP contribution in [0.15, 0.2) is 48.8 Å². The van der Waals surface area contributed by atoms with Gasteiger partial charge in [0.2, 0.25) is 5.95 Å². The van der Waals surface area contributed by atoms with Crippen LogP contribution >= 0.6 is 0 Å². The second kappa shape index (κ2) is 8.47. The summed E-state index contributed by atoms with van der Waals surface area (Å²) in [6, 6.07) is 13.9. The number of hydrogen-bond acceptors (Lipinski definition) is 5. The molecule has 0 spiro atoms. The fourth-order valence-corrected chi connectivity index (χ4v) is 5.11. The molecule has 2 atom stereocenters. The smallest absolute Gasteiger partial charge is 0.225 e. The van der Waals surface area contributed by atoms with Gasteiger partial charge in [0.05, 0.1) is 17.3 Å². The van der Waals surface area contributed by atoms with E-state index in [2.05, 4.69) is 22.0 Å². The van der Waals surface area contributed by atoms with Crippen molar-refractivity contribution in [3.8, 4) is 28.5 Å². The van der Waals surface area contributed by atoms with Crippen LogP contribution in [0.5, 0.6) is 0 Å². The molecular weight excluding hydrogens is 382 g/mol. The SMILES string of the molecule is Cc1ccc(-c2cnc(N3CCC4CCCC4CC3)nc2-c2ccc(C#N)cc2)cn1. The molecule has 0 bridgehead atoms. The Morgan fingerprint density at radius 1 is 0.871 bits per heavy atom. The van der Waals surface area contributed by atoms with Crippen molar-refractivity contribution in [1.29, 1.82) is 5.26 Å². The van der Waals surface area contributed by atoms with Crippen molar-refractivity contribution >= 4 is 5.95 Å². The lowest BCUT2D eigenvalue weighted by Gasteiger charge is -2.22. The van der Waals surface area contributed by atoms with E-state index >= 15 is 0 Å². The fraction of sp³-hybridized carbons (Fsp3) is 0.385. The maximum Gasteiger partial charge on any atom is 0.225 e. The molecule has 5 heteroatoms. The van der Waals surface area contributed by atoms with Gasteiger partial charge in [-0.25, -0.2) is 9.97 Å². The quantitative estimate of drug-likeness (QED) is 0.579. The van der Waals surface area contributed by atoms with Crippen LogP contribution in [0.3, 0.4) is 0 Å². The minimum absolute atomic E-state index is 0.649. The summed E-state index contributed by atoms with van der Waals surface area (Å²) in [5, 5.41) is 9.18. The fourth-order valence-electron chi connectivity index (χ4n) is 5.11. The van der Waals surface area contributed by atoms with Gasteiger partial charge in [-0.1, -0.05) is 37.5 Å². The van der Waals surface area contributed by atoms with Gasteiger partial charge in [0.25, 0.3) is 0 Å². The lowest BCUT2D eigenvalue weighted by Crippen LogP contribution is -2.26. The highest BCUT2D eigenvalue weighted by atomic mass is 15.2. The van der Waals surface area contributed by atoms with Crippen molar-refractivity contribution in [2.75, 3.05) is 18.0 Å². The molecule has 3 aromatic rings. The van der Waals surface area contributed by atoms with Gasteiger partial charge < -0.3 is 4.90 Å². The van der Waals surface area contributed by atoms with Crippen LogP contribution < -0.4 is 4.90 Å². The predicted molar refractivity (Wildman–Crippen MR) is 122 cm³/mol. The van der Waals surface area contributed by atoms with E-state index in [0.29, 0.717) is 5.56 Å². The molecule has 2 fully saturated rings. The van der Waals surface area contributed by atoms with Crippen molar-refractivity contribution in [3.05, 3.63) is 60.0 Å². The average Bonchev–Trinajstić information content (AvgIpc) is 3.17. The first-order valence-corrected chi connectivity index (χ1v) is 11.3. The van der Waals surface area contributed by atoms with Crippen LogP contribution in [0, 0.1) is 30.1 Å². The minimum Gasteiger partial charge on any atom is -0.341 e. The molecule has 1 aromatic carbocycles. The minimum atomic E-state index is 0.649. The second-order valence-corrected chi connectivity index (χ2v) is 8.83. The Morgan fingerprint density at radius 3 is 2.23 bits per heavy atom. The predicted octanol–water partition coefficient (Wildman–Crippen LogP) is 5.40. The molecule has 2 unspecified atom stereocenters. The van der Waals surface area contributed by atoms with Crippen LogP contribution in [0.25, 0.3) is 22.4 Å². The van der Waals surface area contributed by atoms with Crippen LogP contribution in [0.1, 0.15) is 43.4 Å². The van der Waals surface area contributed by atoms with Gasteiger partial charge in [-0.3, -0.25) is 4.98 Å².